The van der Waals surface area contributed by atoms with E-state index in [-0.39, 0.29) is 5.92 Å². The van der Waals surface area contributed by atoms with Crippen LogP contribution in [0.5, 0.6) is 0 Å². The summed E-state index contributed by atoms with van der Waals surface area (Å²) in [4.78, 5) is 0. The maximum Gasteiger partial charge on any atom is 0.120 e. The molecule has 0 amide bonds. The molecule has 2 heteroatoms. The molecule has 0 aromatic carbocycles. The summed E-state index contributed by atoms with van der Waals surface area (Å²) >= 11 is 0. The van der Waals surface area contributed by atoms with Gasteiger partial charge in [0.15, 0.2) is 0 Å². The van der Waals surface area contributed by atoms with Gasteiger partial charge in [-0.3, -0.25) is 0 Å². The van der Waals surface area contributed by atoms with Gasteiger partial charge < -0.3 is 5.32 Å². The molecule has 1 unspecified atom stereocenters. The molecule has 0 spiro atoms. The zero-order valence-electron chi connectivity index (χ0n) is 8.52. The van der Waals surface area contributed by atoms with E-state index < -0.39 is 6.17 Å². The Bertz CT molecular complexity index is 141. The maximum absolute atomic E-state index is 13.0. The lowest BCUT2D eigenvalue weighted by atomic mass is 10.1. The fourth-order valence-corrected chi connectivity index (χ4v) is 0.668. The monoisotopic (exact) mass is 173 g/mol. The second-order valence-electron chi connectivity index (χ2n) is 3.82. The van der Waals surface area contributed by atoms with Crippen molar-refractivity contribution in [2.24, 2.45) is 11.8 Å². The summed E-state index contributed by atoms with van der Waals surface area (Å²) < 4.78 is 13.0. The van der Waals surface area contributed by atoms with E-state index in [1.54, 1.807) is 0 Å². The molecular formula is C10H20FN. The lowest BCUT2D eigenvalue weighted by Crippen LogP contribution is -2.28. The van der Waals surface area contributed by atoms with Crippen molar-refractivity contribution in [1.29, 1.82) is 0 Å². The summed E-state index contributed by atoms with van der Waals surface area (Å²) in [7, 11) is 0. The van der Waals surface area contributed by atoms with Crippen LogP contribution in [0.15, 0.2) is 12.3 Å². The highest BCUT2D eigenvalue weighted by molar-refractivity contribution is 4.94. The van der Waals surface area contributed by atoms with Gasteiger partial charge in [-0.05, 0) is 11.8 Å². The molecule has 1 nitrogen and oxygen atoms in total. The van der Waals surface area contributed by atoms with E-state index in [0.29, 0.717) is 12.5 Å². The van der Waals surface area contributed by atoms with Crippen LogP contribution in [0.3, 0.4) is 0 Å². The molecule has 0 aromatic rings. The van der Waals surface area contributed by atoms with E-state index in [4.69, 9.17) is 0 Å². The highest BCUT2D eigenvalue weighted by Gasteiger charge is 2.11. The molecule has 0 aliphatic rings. The number of allylic oxidation sites excluding steroid dienone is 1. The van der Waals surface area contributed by atoms with Crippen LogP contribution < -0.4 is 5.32 Å². The fourth-order valence-electron chi connectivity index (χ4n) is 0.668. The largest absolute Gasteiger partial charge is 0.386 e. The summed E-state index contributed by atoms with van der Waals surface area (Å²) in [5, 5.41) is 2.99. The predicted molar refractivity (Wildman–Crippen MR) is 51.7 cm³/mol. The van der Waals surface area contributed by atoms with Crippen LogP contribution in [0.4, 0.5) is 4.39 Å². The van der Waals surface area contributed by atoms with Crippen LogP contribution >= 0.6 is 0 Å². The van der Waals surface area contributed by atoms with E-state index in [1.807, 2.05) is 27.7 Å². The zero-order valence-corrected chi connectivity index (χ0v) is 8.52. The SMILES string of the molecule is C=C(NCC(F)C(C)C)C(C)C. The van der Waals surface area contributed by atoms with Crippen molar-refractivity contribution in [2.75, 3.05) is 6.54 Å². The third-order valence-corrected chi connectivity index (χ3v) is 1.94. The molecule has 0 aromatic heterocycles. The first-order valence-corrected chi connectivity index (χ1v) is 4.51. The Kier molecular flexibility index (Phi) is 4.95. The molecule has 12 heavy (non-hydrogen) atoms. The Labute approximate surface area is 75.0 Å². The summed E-state index contributed by atoms with van der Waals surface area (Å²) in [5.74, 6) is 0.460. The molecule has 0 saturated heterocycles. The molecule has 0 saturated carbocycles. The van der Waals surface area contributed by atoms with Crippen LogP contribution in [0.1, 0.15) is 27.7 Å². The van der Waals surface area contributed by atoms with Gasteiger partial charge in [-0.1, -0.05) is 34.3 Å². The third-order valence-electron chi connectivity index (χ3n) is 1.94. The Balaban J connectivity index is 3.61. The molecule has 0 aliphatic heterocycles. The van der Waals surface area contributed by atoms with Crippen LogP contribution in [-0.2, 0) is 0 Å². The summed E-state index contributed by atoms with van der Waals surface area (Å²) in [6, 6.07) is 0. The Hall–Kier alpha value is -0.530. The molecule has 0 rings (SSSR count). The average molecular weight is 173 g/mol. The summed E-state index contributed by atoms with van der Waals surface area (Å²) in [6.45, 7) is 12.0. The van der Waals surface area contributed by atoms with Crippen molar-refractivity contribution in [3.05, 3.63) is 12.3 Å². The number of hydrogen-bond acceptors (Lipinski definition) is 1. The van der Waals surface area contributed by atoms with Gasteiger partial charge in [0, 0.05) is 12.2 Å². The molecule has 0 fully saturated rings. The van der Waals surface area contributed by atoms with Crippen molar-refractivity contribution in [3.8, 4) is 0 Å². The second-order valence-corrected chi connectivity index (χ2v) is 3.82. The molecule has 72 valence electrons. The molecule has 1 N–H and O–H groups in total. The number of rotatable bonds is 5. The minimum Gasteiger partial charge on any atom is -0.386 e. The third kappa shape index (κ3) is 4.37. The second kappa shape index (κ2) is 5.18. The number of alkyl halides is 1. The van der Waals surface area contributed by atoms with E-state index >= 15 is 0 Å². The van der Waals surface area contributed by atoms with E-state index in [9.17, 15) is 4.39 Å². The van der Waals surface area contributed by atoms with Crippen LogP contribution in [0.25, 0.3) is 0 Å². The average Bonchev–Trinajstić information content (AvgIpc) is 1.98. The van der Waals surface area contributed by atoms with Crippen LogP contribution in [0.2, 0.25) is 0 Å². The molecule has 0 radical (unpaired) electrons. The van der Waals surface area contributed by atoms with Gasteiger partial charge in [-0.2, -0.15) is 0 Å². The minimum atomic E-state index is -0.777. The van der Waals surface area contributed by atoms with Crippen LogP contribution in [0, 0.1) is 11.8 Å². The first-order valence-electron chi connectivity index (χ1n) is 4.51. The van der Waals surface area contributed by atoms with Gasteiger partial charge in [-0.15, -0.1) is 0 Å². The minimum absolute atomic E-state index is 0.0810. The number of hydrogen-bond donors (Lipinski definition) is 1. The highest BCUT2D eigenvalue weighted by atomic mass is 19.1. The molecule has 1 atom stereocenters. The van der Waals surface area contributed by atoms with Crippen molar-refractivity contribution >= 4 is 0 Å². The van der Waals surface area contributed by atoms with Crippen molar-refractivity contribution in [2.45, 2.75) is 33.9 Å². The summed E-state index contributed by atoms with van der Waals surface area (Å²) in [5.41, 5.74) is 0.915. The molecular weight excluding hydrogens is 153 g/mol. The van der Waals surface area contributed by atoms with Gasteiger partial charge in [0.25, 0.3) is 0 Å². The predicted octanol–water partition coefficient (Wildman–Crippen LogP) is 2.74. The highest BCUT2D eigenvalue weighted by Crippen LogP contribution is 2.07. The van der Waals surface area contributed by atoms with Crippen molar-refractivity contribution in [3.63, 3.8) is 0 Å². The normalized spacial score (nSPS) is 13.6. The van der Waals surface area contributed by atoms with Crippen LogP contribution in [-0.4, -0.2) is 12.7 Å². The van der Waals surface area contributed by atoms with Gasteiger partial charge in [0.05, 0.1) is 0 Å². The topological polar surface area (TPSA) is 12.0 Å². The van der Waals surface area contributed by atoms with Crippen molar-refractivity contribution in [1.82, 2.24) is 5.32 Å². The molecule has 0 bridgehead atoms. The van der Waals surface area contributed by atoms with Gasteiger partial charge >= 0.3 is 0 Å². The standard InChI is InChI=1S/C10H20FN/c1-7(2)9(5)12-6-10(11)8(3)4/h7-8,10,12H,5-6H2,1-4H3. The Morgan fingerprint density at radius 2 is 1.83 bits per heavy atom. The smallest absolute Gasteiger partial charge is 0.120 e. The van der Waals surface area contributed by atoms with Crippen molar-refractivity contribution < 1.29 is 4.39 Å². The van der Waals surface area contributed by atoms with Gasteiger partial charge in [-0.25, -0.2) is 4.39 Å². The van der Waals surface area contributed by atoms with E-state index in [1.165, 1.54) is 0 Å². The van der Waals surface area contributed by atoms with E-state index in [0.717, 1.165) is 5.70 Å². The maximum atomic E-state index is 13.0. The van der Waals surface area contributed by atoms with E-state index in [2.05, 4.69) is 11.9 Å². The quantitative estimate of drug-likeness (QED) is 0.674. The fraction of sp³-hybridized carbons (Fsp3) is 0.800. The van der Waals surface area contributed by atoms with Gasteiger partial charge in [0.1, 0.15) is 6.17 Å². The number of nitrogens with one attached hydrogen (secondary N) is 1. The Morgan fingerprint density at radius 1 is 1.33 bits per heavy atom. The molecule has 0 heterocycles. The Morgan fingerprint density at radius 3 is 2.17 bits per heavy atom. The molecule has 0 aliphatic carbocycles. The summed E-state index contributed by atoms with van der Waals surface area (Å²) in [6.07, 6.45) is -0.777. The van der Waals surface area contributed by atoms with Gasteiger partial charge in [0.2, 0.25) is 0 Å². The lowest BCUT2D eigenvalue weighted by Gasteiger charge is -2.17. The first kappa shape index (κ1) is 11.5. The number of halogens is 1. The first-order chi connectivity index (χ1) is 5.45. The zero-order chi connectivity index (χ0) is 9.72. The lowest BCUT2D eigenvalue weighted by molar-refractivity contribution is 0.250.